The molecule has 0 aliphatic carbocycles. The maximum Gasteiger partial charge on any atom is 0.127 e. The van der Waals surface area contributed by atoms with Crippen LogP contribution in [0.3, 0.4) is 0 Å². The van der Waals surface area contributed by atoms with Crippen LogP contribution in [0.15, 0.2) is 24.3 Å². The van der Waals surface area contributed by atoms with Gasteiger partial charge in [-0.2, -0.15) is 0 Å². The number of nitrogens with one attached hydrogen (secondary N) is 1. The van der Waals surface area contributed by atoms with Gasteiger partial charge in [-0.25, -0.2) is 4.39 Å². The minimum atomic E-state index is -0.0819. The van der Waals surface area contributed by atoms with E-state index in [2.05, 4.69) is 19.2 Å². The van der Waals surface area contributed by atoms with Gasteiger partial charge >= 0.3 is 0 Å². The van der Waals surface area contributed by atoms with Gasteiger partial charge in [0.2, 0.25) is 0 Å². The van der Waals surface area contributed by atoms with Crippen LogP contribution in [-0.4, -0.2) is 6.54 Å². The van der Waals surface area contributed by atoms with Crippen LogP contribution in [0.5, 0.6) is 0 Å². The summed E-state index contributed by atoms with van der Waals surface area (Å²) in [6.07, 6.45) is 7.05. The lowest BCUT2D eigenvalue weighted by Gasteiger charge is -2.19. The average Bonchev–Trinajstić information content (AvgIpc) is 2.39. The van der Waals surface area contributed by atoms with Crippen molar-refractivity contribution in [2.24, 2.45) is 0 Å². The van der Waals surface area contributed by atoms with Crippen molar-refractivity contribution < 1.29 is 4.39 Å². The van der Waals surface area contributed by atoms with Gasteiger partial charge in [-0.15, -0.1) is 0 Å². The Morgan fingerprint density at radius 2 is 1.83 bits per heavy atom. The highest BCUT2D eigenvalue weighted by Gasteiger charge is 2.13. The van der Waals surface area contributed by atoms with Crippen molar-refractivity contribution in [1.29, 1.82) is 0 Å². The second-order valence-electron chi connectivity index (χ2n) is 4.88. The van der Waals surface area contributed by atoms with Crippen molar-refractivity contribution in [2.75, 3.05) is 6.54 Å². The minimum Gasteiger partial charge on any atom is -0.310 e. The first-order valence-corrected chi connectivity index (χ1v) is 7.27. The third-order valence-corrected chi connectivity index (χ3v) is 3.27. The third kappa shape index (κ3) is 5.18. The van der Waals surface area contributed by atoms with Crippen molar-refractivity contribution in [3.8, 4) is 0 Å². The third-order valence-electron chi connectivity index (χ3n) is 3.27. The largest absolute Gasteiger partial charge is 0.310 e. The molecule has 0 saturated heterocycles. The van der Waals surface area contributed by atoms with Crippen LogP contribution in [-0.2, 0) is 0 Å². The molecule has 1 atom stereocenters. The Morgan fingerprint density at radius 3 is 2.50 bits per heavy atom. The Balaban J connectivity index is 2.57. The number of rotatable bonds is 9. The van der Waals surface area contributed by atoms with Crippen LogP contribution >= 0.6 is 0 Å². The summed E-state index contributed by atoms with van der Waals surface area (Å²) < 4.78 is 13.8. The minimum absolute atomic E-state index is 0.0819. The van der Waals surface area contributed by atoms with Crippen molar-refractivity contribution in [2.45, 2.75) is 58.4 Å². The van der Waals surface area contributed by atoms with Crippen LogP contribution < -0.4 is 5.32 Å². The fourth-order valence-electron chi connectivity index (χ4n) is 2.22. The molecule has 0 radical (unpaired) electrons. The van der Waals surface area contributed by atoms with E-state index in [0.29, 0.717) is 0 Å². The van der Waals surface area contributed by atoms with Crippen LogP contribution in [0.25, 0.3) is 0 Å². The monoisotopic (exact) mass is 251 g/mol. The van der Waals surface area contributed by atoms with Gasteiger partial charge in [-0.3, -0.25) is 0 Å². The summed E-state index contributed by atoms with van der Waals surface area (Å²) in [5.41, 5.74) is 0.822. The summed E-state index contributed by atoms with van der Waals surface area (Å²) in [6, 6.07) is 7.31. The molecule has 0 aliphatic rings. The normalized spacial score (nSPS) is 12.6. The van der Waals surface area contributed by atoms with Gasteiger partial charge in [-0.1, -0.05) is 57.7 Å². The fourth-order valence-corrected chi connectivity index (χ4v) is 2.22. The quantitative estimate of drug-likeness (QED) is 0.619. The Morgan fingerprint density at radius 1 is 1.06 bits per heavy atom. The van der Waals surface area contributed by atoms with E-state index in [9.17, 15) is 4.39 Å². The molecule has 0 bridgehead atoms. The topological polar surface area (TPSA) is 12.0 Å². The summed E-state index contributed by atoms with van der Waals surface area (Å²) >= 11 is 0. The summed E-state index contributed by atoms with van der Waals surface area (Å²) in [7, 11) is 0. The number of hydrogen-bond acceptors (Lipinski definition) is 1. The molecule has 2 heteroatoms. The lowest BCUT2D eigenvalue weighted by Crippen LogP contribution is -2.23. The second kappa shape index (κ2) is 9.09. The van der Waals surface area contributed by atoms with E-state index in [4.69, 9.17) is 0 Å². The van der Waals surface area contributed by atoms with E-state index in [0.717, 1.165) is 24.9 Å². The maximum atomic E-state index is 13.8. The molecule has 0 aromatic heterocycles. The maximum absolute atomic E-state index is 13.8. The highest BCUT2D eigenvalue weighted by Crippen LogP contribution is 2.22. The summed E-state index contributed by atoms with van der Waals surface area (Å²) in [5, 5.41) is 3.46. The zero-order chi connectivity index (χ0) is 13.2. The molecule has 0 saturated carbocycles. The first-order valence-electron chi connectivity index (χ1n) is 7.27. The van der Waals surface area contributed by atoms with E-state index in [1.165, 1.54) is 25.7 Å². The lowest BCUT2D eigenvalue weighted by molar-refractivity contribution is 0.451. The molecule has 18 heavy (non-hydrogen) atoms. The molecule has 1 N–H and O–H groups in total. The number of unbranched alkanes of at least 4 members (excludes halogenated alkanes) is 3. The van der Waals surface area contributed by atoms with E-state index in [1.54, 1.807) is 12.1 Å². The predicted molar refractivity (Wildman–Crippen MR) is 76.2 cm³/mol. The first-order chi connectivity index (χ1) is 8.79. The molecule has 1 unspecified atom stereocenters. The molecule has 0 aliphatic heterocycles. The molecular formula is C16H26FN. The van der Waals surface area contributed by atoms with Gasteiger partial charge in [0, 0.05) is 11.6 Å². The number of halogens is 1. The van der Waals surface area contributed by atoms with Gasteiger partial charge in [0.1, 0.15) is 5.82 Å². The molecule has 1 rings (SSSR count). The van der Waals surface area contributed by atoms with Crippen LogP contribution in [0.4, 0.5) is 4.39 Å². The van der Waals surface area contributed by atoms with Gasteiger partial charge in [0.15, 0.2) is 0 Å². The van der Waals surface area contributed by atoms with Gasteiger partial charge < -0.3 is 5.32 Å². The smallest absolute Gasteiger partial charge is 0.127 e. The molecule has 0 heterocycles. The number of hydrogen-bond donors (Lipinski definition) is 1. The highest BCUT2D eigenvalue weighted by molar-refractivity contribution is 5.21. The fraction of sp³-hybridized carbons (Fsp3) is 0.625. The molecular weight excluding hydrogens is 225 g/mol. The Kier molecular flexibility index (Phi) is 7.66. The Hall–Kier alpha value is -0.890. The van der Waals surface area contributed by atoms with E-state index >= 15 is 0 Å². The van der Waals surface area contributed by atoms with E-state index < -0.39 is 0 Å². The SMILES string of the molecule is CCCCCCC(NCCC)c1ccccc1F. The molecule has 0 spiro atoms. The van der Waals surface area contributed by atoms with Crippen LogP contribution in [0.1, 0.15) is 64.0 Å². The van der Waals surface area contributed by atoms with Crippen molar-refractivity contribution in [3.63, 3.8) is 0 Å². The summed E-state index contributed by atoms with van der Waals surface area (Å²) in [5.74, 6) is -0.0819. The second-order valence-corrected chi connectivity index (χ2v) is 4.88. The molecule has 1 aromatic rings. The van der Waals surface area contributed by atoms with Crippen molar-refractivity contribution in [1.82, 2.24) is 5.32 Å². The molecule has 0 fully saturated rings. The lowest BCUT2D eigenvalue weighted by atomic mass is 9.99. The molecule has 0 amide bonds. The van der Waals surface area contributed by atoms with Crippen molar-refractivity contribution in [3.05, 3.63) is 35.6 Å². The molecule has 102 valence electrons. The van der Waals surface area contributed by atoms with Crippen molar-refractivity contribution >= 4 is 0 Å². The van der Waals surface area contributed by atoms with Crippen LogP contribution in [0, 0.1) is 5.82 Å². The Bertz CT molecular complexity index is 325. The summed E-state index contributed by atoms with van der Waals surface area (Å²) in [6.45, 7) is 5.30. The Labute approximate surface area is 111 Å². The van der Waals surface area contributed by atoms with Crippen LogP contribution in [0.2, 0.25) is 0 Å². The average molecular weight is 251 g/mol. The van der Waals surface area contributed by atoms with E-state index in [-0.39, 0.29) is 11.9 Å². The number of benzene rings is 1. The highest BCUT2D eigenvalue weighted by atomic mass is 19.1. The zero-order valence-electron chi connectivity index (χ0n) is 11.7. The zero-order valence-corrected chi connectivity index (χ0v) is 11.7. The standard InChI is InChI=1S/C16H26FN/c1-3-5-6-7-12-16(18-13-4-2)14-10-8-9-11-15(14)17/h8-11,16,18H,3-7,12-13H2,1-2H3. The van der Waals surface area contributed by atoms with Gasteiger partial charge in [-0.05, 0) is 25.5 Å². The summed E-state index contributed by atoms with van der Waals surface area (Å²) in [4.78, 5) is 0. The van der Waals surface area contributed by atoms with E-state index in [1.807, 2.05) is 12.1 Å². The van der Waals surface area contributed by atoms with Gasteiger partial charge in [0.05, 0.1) is 0 Å². The molecule has 1 aromatic carbocycles. The predicted octanol–water partition coefficient (Wildman–Crippen LogP) is 4.84. The van der Waals surface area contributed by atoms with Gasteiger partial charge in [0.25, 0.3) is 0 Å². The molecule has 1 nitrogen and oxygen atoms in total. The first kappa shape index (κ1) is 15.2.